The summed E-state index contributed by atoms with van der Waals surface area (Å²) in [5.74, 6) is -1.08. The van der Waals surface area contributed by atoms with Gasteiger partial charge in [-0.25, -0.2) is 4.79 Å². The highest BCUT2D eigenvalue weighted by molar-refractivity contribution is 5.93. The zero-order valence-electron chi connectivity index (χ0n) is 18.7. The molecule has 2 atom stereocenters. The van der Waals surface area contributed by atoms with Gasteiger partial charge in [0.25, 0.3) is 5.91 Å². The Kier molecular flexibility index (Phi) is 5.05. The molecule has 1 saturated carbocycles. The van der Waals surface area contributed by atoms with Gasteiger partial charge in [0.15, 0.2) is 11.5 Å². The first kappa shape index (κ1) is 21.4. The van der Waals surface area contributed by atoms with E-state index in [0.717, 1.165) is 22.3 Å². The molecular weight excluding hydrogens is 450 g/mol. The number of rotatable bonds is 6. The van der Waals surface area contributed by atoms with E-state index in [4.69, 9.17) is 14.4 Å². The van der Waals surface area contributed by atoms with Crippen LogP contribution < -0.4 is 5.32 Å². The van der Waals surface area contributed by atoms with Crippen LogP contribution in [0.15, 0.2) is 59.1 Å². The SMILES string of the molecule is O=C(NCc1cc(C(=O)N2CC3C(C2)C3C(=O)O)no1)OCC1c2ccccc2-c2ccccc21. The normalized spacial score (nSPS) is 21.7. The van der Waals surface area contributed by atoms with Crippen molar-refractivity contribution in [1.82, 2.24) is 15.4 Å². The van der Waals surface area contributed by atoms with E-state index in [-0.39, 0.29) is 48.4 Å². The van der Waals surface area contributed by atoms with Crippen LogP contribution in [0.3, 0.4) is 0 Å². The Balaban J connectivity index is 1.02. The third-order valence-electron chi connectivity index (χ3n) is 7.30. The minimum absolute atomic E-state index is 0.0260. The topological polar surface area (TPSA) is 122 Å². The number of hydrogen-bond donors (Lipinski definition) is 2. The van der Waals surface area contributed by atoms with E-state index in [1.165, 1.54) is 6.07 Å². The molecule has 2 heterocycles. The molecule has 0 bridgehead atoms. The van der Waals surface area contributed by atoms with E-state index in [9.17, 15) is 14.4 Å². The van der Waals surface area contributed by atoms with Crippen molar-refractivity contribution in [3.8, 4) is 11.1 Å². The summed E-state index contributed by atoms with van der Waals surface area (Å²) in [6.07, 6.45) is -0.588. The number of ether oxygens (including phenoxy) is 1. The van der Waals surface area contributed by atoms with E-state index < -0.39 is 12.1 Å². The molecule has 9 nitrogen and oxygen atoms in total. The summed E-state index contributed by atoms with van der Waals surface area (Å²) in [6.45, 7) is 1.07. The number of alkyl carbamates (subject to hydrolysis) is 1. The predicted octanol–water partition coefficient (Wildman–Crippen LogP) is 3.12. The largest absolute Gasteiger partial charge is 0.481 e. The lowest BCUT2D eigenvalue weighted by atomic mass is 9.98. The molecule has 6 rings (SSSR count). The Bertz CT molecular complexity index is 1280. The van der Waals surface area contributed by atoms with E-state index in [0.29, 0.717) is 18.8 Å². The van der Waals surface area contributed by atoms with Crippen molar-refractivity contribution in [2.75, 3.05) is 19.7 Å². The molecule has 35 heavy (non-hydrogen) atoms. The van der Waals surface area contributed by atoms with Crippen molar-refractivity contribution >= 4 is 18.0 Å². The second-order valence-electron chi connectivity index (χ2n) is 9.26. The Morgan fingerprint density at radius 2 is 1.66 bits per heavy atom. The number of piperidine rings is 1. The molecule has 0 radical (unpaired) electrons. The first-order valence-corrected chi connectivity index (χ1v) is 11.6. The average Bonchev–Trinajstić information content (AvgIpc) is 3.23. The lowest BCUT2D eigenvalue weighted by molar-refractivity contribution is -0.139. The van der Waals surface area contributed by atoms with Crippen molar-refractivity contribution in [2.45, 2.75) is 12.5 Å². The van der Waals surface area contributed by atoms with Crippen LogP contribution in [0.2, 0.25) is 0 Å². The molecule has 0 spiro atoms. The van der Waals surface area contributed by atoms with Crippen LogP contribution in [0.5, 0.6) is 0 Å². The van der Waals surface area contributed by atoms with Gasteiger partial charge in [0.1, 0.15) is 6.61 Å². The van der Waals surface area contributed by atoms with Gasteiger partial charge in [-0.3, -0.25) is 9.59 Å². The standard InChI is InChI=1S/C26H23N3O6/c30-24(29-11-19-20(12-29)23(19)25(31)32)22-9-14(35-28-22)10-27-26(33)34-13-21-17-7-3-1-5-15(17)16-6-2-4-8-18(16)21/h1-9,19-21,23H,10-13H2,(H,27,33)(H,31,32). The predicted molar refractivity (Wildman–Crippen MR) is 122 cm³/mol. The Morgan fingerprint density at radius 3 is 2.29 bits per heavy atom. The van der Waals surface area contributed by atoms with Gasteiger partial charge in [0.2, 0.25) is 0 Å². The highest BCUT2D eigenvalue weighted by Crippen LogP contribution is 2.52. The Hall–Kier alpha value is -4.14. The van der Waals surface area contributed by atoms with Crippen LogP contribution in [-0.2, 0) is 16.1 Å². The first-order chi connectivity index (χ1) is 17.0. The highest BCUT2D eigenvalue weighted by Gasteiger charge is 2.60. The smallest absolute Gasteiger partial charge is 0.407 e. The van der Waals surface area contributed by atoms with Crippen molar-refractivity contribution in [3.63, 3.8) is 0 Å². The minimum Gasteiger partial charge on any atom is -0.481 e. The van der Waals surface area contributed by atoms with Gasteiger partial charge in [-0.05, 0) is 34.1 Å². The van der Waals surface area contributed by atoms with Crippen molar-refractivity contribution in [1.29, 1.82) is 0 Å². The maximum atomic E-state index is 12.6. The summed E-state index contributed by atoms with van der Waals surface area (Å²) in [4.78, 5) is 37.7. The van der Waals surface area contributed by atoms with Crippen LogP contribution in [0.1, 0.15) is 33.3 Å². The van der Waals surface area contributed by atoms with Crippen LogP contribution in [-0.4, -0.2) is 52.8 Å². The number of nitrogens with zero attached hydrogens (tertiary/aromatic N) is 2. The summed E-state index contributed by atoms with van der Waals surface area (Å²) in [7, 11) is 0. The number of aliphatic carboxylic acids is 1. The monoisotopic (exact) mass is 473 g/mol. The van der Waals surface area contributed by atoms with E-state index in [1.54, 1.807) is 4.90 Å². The lowest BCUT2D eigenvalue weighted by Crippen LogP contribution is -2.32. The third-order valence-corrected chi connectivity index (χ3v) is 7.30. The second-order valence-corrected chi connectivity index (χ2v) is 9.26. The molecule has 3 aromatic rings. The maximum absolute atomic E-state index is 12.6. The Morgan fingerprint density at radius 1 is 1.03 bits per heavy atom. The summed E-state index contributed by atoms with van der Waals surface area (Å²) < 4.78 is 10.7. The van der Waals surface area contributed by atoms with Gasteiger partial charge in [-0.15, -0.1) is 0 Å². The maximum Gasteiger partial charge on any atom is 0.407 e. The average molecular weight is 473 g/mol. The van der Waals surface area contributed by atoms with Crippen molar-refractivity contribution in [3.05, 3.63) is 77.2 Å². The van der Waals surface area contributed by atoms with Gasteiger partial charge in [0, 0.05) is 25.1 Å². The molecule has 1 saturated heterocycles. The van der Waals surface area contributed by atoms with E-state index >= 15 is 0 Å². The number of carboxylic acid groups (broad SMARTS) is 1. The number of benzene rings is 2. The van der Waals surface area contributed by atoms with Crippen molar-refractivity contribution < 1.29 is 28.8 Å². The van der Waals surface area contributed by atoms with Gasteiger partial charge < -0.3 is 24.6 Å². The minimum atomic E-state index is -0.796. The molecule has 1 aliphatic heterocycles. The van der Waals surface area contributed by atoms with Gasteiger partial charge in [-0.1, -0.05) is 53.7 Å². The van der Waals surface area contributed by atoms with Gasteiger partial charge >= 0.3 is 12.1 Å². The molecule has 2 aromatic carbocycles. The number of hydrogen-bond acceptors (Lipinski definition) is 6. The number of likely N-dealkylation sites (tertiary alicyclic amines) is 1. The van der Waals surface area contributed by atoms with Crippen LogP contribution >= 0.6 is 0 Å². The molecule has 2 amide bonds. The fourth-order valence-corrected chi connectivity index (χ4v) is 5.53. The fourth-order valence-electron chi connectivity index (χ4n) is 5.53. The van der Waals surface area contributed by atoms with Crippen LogP contribution in [0.25, 0.3) is 11.1 Å². The molecule has 2 fully saturated rings. The lowest BCUT2D eigenvalue weighted by Gasteiger charge is -2.17. The van der Waals surface area contributed by atoms with Gasteiger partial charge in [0.05, 0.1) is 12.5 Å². The van der Waals surface area contributed by atoms with Gasteiger partial charge in [-0.2, -0.15) is 0 Å². The quantitative estimate of drug-likeness (QED) is 0.564. The first-order valence-electron chi connectivity index (χ1n) is 11.6. The highest BCUT2D eigenvalue weighted by atomic mass is 16.5. The molecular formula is C26H23N3O6. The van der Waals surface area contributed by atoms with Crippen molar-refractivity contribution in [2.24, 2.45) is 17.8 Å². The zero-order valence-corrected chi connectivity index (χ0v) is 18.7. The molecule has 2 unspecified atom stereocenters. The number of carboxylic acids is 1. The zero-order chi connectivity index (χ0) is 24.1. The summed E-state index contributed by atoms with van der Waals surface area (Å²) >= 11 is 0. The number of aromatic nitrogens is 1. The van der Waals surface area contributed by atoms with Crippen LogP contribution in [0.4, 0.5) is 4.79 Å². The second kappa shape index (κ2) is 8.26. The fraction of sp³-hybridized carbons (Fsp3) is 0.308. The number of nitrogens with one attached hydrogen (secondary N) is 1. The summed E-state index contributed by atoms with van der Waals surface area (Å²) in [5.41, 5.74) is 4.72. The number of amides is 2. The molecule has 2 aliphatic carbocycles. The molecule has 2 N–H and O–H groups in total. The van der Waals surface area contributed by atoms with E-state index in [2.05, 4.69) is 34.7 Å². The van der Waals surface area contributed by atoms with E-state index in [1.807, 2.05) is 24.3 Å². The summed E-state index contributed by atoms with van der Waals surface area (Å²) in [6, 6.07) is 17.7. The number of fused-ring (bicyclic) bond motifs is 4. The van der Waals surface area contributed by atoms with Crippen LogP contribution in [0, 0.1) is 17.8 Å². The molecule has 178 valence electrons. The molecule has 3 aliphatic rings. The number of carbonyl (C=O) groups is 3. The number of carbonyl (C=O) groups excluding carboxylic acids is 2. The third kappa shape index (κ3) is 3.73. The molecule has 1 aromatic heterocycles. The molecule has 9 heteroatoms. The Labute approximate surface area is 200 Å². The summed E-state index contributed by atoms with van der Waals surface area (Å²) in [5, 5.41) is 15.6.